The van der Waals surface area contributed by atoms with Gasteiger partial charge in [-0.05, 0) is 30.0 Å². The lowest BCUT2D eigenvalue weighted by molar-refractivity contribution is -0.384. The third kappa shape index (κ3) is 7.84. The van der Waals surface area contributed by atoms with E-state index in [0.717, 1.165) is 11.1 Å². The average Bonchev–Trinajstić information content (AvgIpc) is 2.76. The van der Waals surface area contributed by atoms with Crippen LogP contribution in [0.2, 0.25) is 5.02 Å². The highest BCUT2D eigenvalue weighted by atomic mass is 35.5. The summed E-state index contributed by atoms with van der Waals surface area (Å²) in [6, 6.07) is 12.9. The van der Waals surface area contributed by atoms with Gasteiger partial charge in [-0.2, -0.15) is 0 Å². The van der Waals surface area contributed by atoms with Crippen molar-refractivity contribution in [3.8, 4) is 0 Å². The number of nitrogens with one attached hydrogen (secondary N) is 1. The van der Waals surface area contributed by atoms with Crippen LogP contribution in [-0.4, -0.2) is 40.0 Å². The Morgan fingerprint density at radius 2 is 1.78 bits per heavy atom. The molecule has 1 atom stereocenters. The zero-order valence-electron chi connectivity index (χ0n) is 18.4. The highest BCUT2D eigenvalue weighted by Crippen LogP contribution is 2.21. The van der Waals surface area contributed by atoms with Crippen molar-refractivity contribution in [2.45, 2.75) is 39.1 Å². The maximum Gasteiger partial charge on any atom is 0.269 e. The van der Waals surface area contributed by atoms with Crippen LogP contribution >= 0.6 is 23.4 Å². The topological polar surface area (TPSA) is 92.6 Å². The first kappa shape index (κ1) is 25.7. The summed E-state index contributed by atoms with van der Waals surface area (Å²) in [6.07, 6.45) is 0. The van der Waals surface area contributed by atoms with E-state index in [9.17, 15) is 19.7 Å². The molecule has 9 heteroatoms. The van der Waals surface area contributed by atoms with E-state index in [1.807, 2.05) is 32.0 Å². The van der Waals surface area contributed by atoms with E-state index in [1.165, 1.54) is 23.9 Å². The maximum atomic E-state index is 13.1. The number of non-ortho nitro benzene ring substituents is 1. The molecule has 7 nitrogen and oxygen atoms in total. The number of carbonyl (C=O) groups is 2. The fourth-order valence-corrected chi connectivity index (χ4v) is 3.96. The van der Waals surface area contributed by atoms with Gasteiger partial charge < -0.3 is 10.2 Å². The number of nitro benzene ring substituents is 1. The van der Waals surface area contributed by atoms with E-state index in [2.05, 4.69) is 5.32 Å². The van der Waals surface area contributed by atoms with Gasteiger partial charge in [0.15, 0.2) is 0 Å². The van der Waals surface area contributed by atoms with Crippen LogP contribution in [0.3, 0.4) is 0 Å². The van der Waals surface area contributed by atoms with Crippen molar-refractivity contribution in [3.05, 3.63) is 74.8 Å². The van der Waals surface area contributed by atoms with Crippen LogP contribution in [-0.2, 0) is 21.9 Å². The van der Waals surface area contributed by atoms with Gasteiger partial charge in [0.1, 0.15) is 6.04 Å². The molecule has 2 amide bonds. The molecule has 2 rings (SSSR count). The van der Waals surface area contributed by atoms with Gasteiger partial charge in [-0.25, -0.2) is 0 Å². The lowest BCUT2D eigenvalue weighted by Gasteiger charge is -2.29. The Bertz CT molecular complexity index is 937. The maximum absolute atomic E-state index is 13.1. The molecular weight excluding hydrogens is 450 g/mol. The Morgan fingerprint density at radius 3 is 2.38 bits per heavy atom. The number of benzene rings is 2. The van der Waals surface area contributed by atoms with Crippen molar-refractivity contribution in [1.29, 1.82) is 0 Å². The molecule has 0 saturated carbocycles. The summed E-state index contributed by atoms with van der Waals surface area (Å²) < 4.78 is 0. The number of thioether (sulfide) groups is 1. The summed E-state index contributed by atoms with van der Waals surface area (Å²) in [4.78, 5) is 37.6. The molecule has 2 aromatic rings. The number of carbonyl (C=O) groups excluding carboxylic acids is 2. The fraction of sp³-hybridized carbons (Fsp3) is 0.391. The number of amides is 2. The minimum Gasteiger partial charge on any atom is -0.354 e. The number of rotatable bonds is 11. The van der Waals surface area contributed by atoms with E-state index < -0.39 is 11.0 Å². The quantitative estimate of drug-likeness (QED) is 0.375. The predicted octanol–water partition coefficient (Wildman–Crippen LogP) is 4.67. The van der Waals surface area contributed by atoms with E-state index in [4.69, 9.17) is 11.6 Å². The van der Waals surface area contributed by atoms with Crippen molar-refractivity contribution in [2.24, 2.45) is 5.92 Å². The monoisotopic (exact) mass is 477 g/mol. The smallest absolute Gasteiger partial charge is 0.269 e. The minimum atomic E-state index is -0.655. The standard InChI is InChI=1S/C23H28ClN3O4S/c1-16(2)12-25-23(29)17(3)26(13-19-6-4-5-7-21(19)24)22(28)15-32-14-18-8-10-20(11-9-18)27(30)31/h4-11,16-17H,12-15H2,1-3H3,(H,25,29)/t17-/m0/s1. The molecule has 0 heterocycles. The molecular formula is C23H28ClN3O4S. The SMILES string of the molecule is CC(C)CNC(=O)[C@H](C)N(Cc1ccccc1Cl)C(=O)CSCc1ccc([N+](=O)[O-])cc1. The van der Waals surface area contributed by atoms with Crippen LogP contribution in [0.15, 0.2) is 48.5 Å². The Labute approximate surface area is 197 Å². The van der Waals surface area contributed by atoms with Gasteiger partial charge in [0.25, 0.3) is 5.69 Å². The van der Waals surface area contributed by atoms with E-state index in [-0.39, 0.29) is 29.8 Å². The molecule has 1 N–H and O–H groups in total. The lowest BCUT2D eigenvalue weighted by atomic mass is 10.1. The zero-order valence-corrected chi connectivity index (χ0v) is 20.0. The van der Waals surface area contributed by atoms with Crippen LogP contribution in [0.5, 0.6) is 0 Å². The molecule has 0 spiro atoms. The molecule has 0 saturated heterocycles. The van der Waals surface area contributed by atoms with Crippen LogP contribution in [0.25, 0.3) is 0 Å². The number of nitro groups is 1. The molecule has 0 unspecified atom stereocenters. The Kier molecular flexibility index (Phi) is 9.99. The summed E-state index contributed by atoms with van der Waals surface area (Å²) in [5.74, 6) is 0.612. The second-order valence-electron chi connectivity index (χ2n) is 7.84. The van der Waals surface area contributed by atoms with E-state index >= 15 is 0 Å². The first-order valence-corrected chi connectivity index (χ1v) is 11.8. The molecule has 0 aliphatic carbocycles. The molecule has 0 aliphatic rings. The summed E-state index contributed by atoms with van der Waals surface area (Å²) in [6.45, 7) is 6.49. The molecule has 0 aliphatic heterocycles. The van der Waals surface area contributed by atoms with Crippen LogP contribution in [0.1, 0.15) is 31.9 Å². The van der Waals surface area contributed by atoms with E-state index in [0.29, 0.717) is 23.2 Å². The number of hydrogen-bond donors (Lipinski definition) is 1. The fourth-order valence-electron chi connectivity index (χ4n) is 2.90. The van der Waals surface area contributed by atoms with Crippen LogP contribution in [0, 0.1) is 16.0 Å². The molecule has 0 fully saturated rings. The molecule has 0 bridgehead atoms. The van der Waals surface area contributed by atoms with Crippen molar-refractivity contribution < 1.29 is 14.5 Å². The Hall–Kier alpha value is -2.58. The predicted molar refractivity (Wildman–Crippen MR) is 129 cm³/mol. The second-order valence-corrected chi connectivity index (χ2v) is 9.24. The zero-order chi connectivity index (χ0) is 23.7. The molecule has 32 heavy (non-hydrogen) atoms. The normalized spacial score (nSPS) is 11.8. The number of halogens is 1. The van der Waals surface area contributed by atoms with Crippen molar-refractivity contribution in [2.75, 3.05) is 12.3 Å². The third-order valence-electron chi connectivity index (χ3n) is 4.79. The van der Waals surface area contributed by atoms with Gasteiger partial charge in [-0.3, -0.25) is 19.7 Å². The summed E-state index contributed by atoms with van der Waals surface area (Å²) >= 11 is 7.68. The first-order chi connectivity index (χ1) is 15.2. The second kappa shape index (κ2) is 12.5. The summed E-state index contributed by atoms with van der Waals surface area (Å²) in [5.41, 5.74) is 1.68. The molecule has 0 radical (unpaired) electrons. The highest BCUT2D eigenvalue weighted by molar-refractivity contribution is 7.99. The van der Waals surface area contributed by atoms with Crippen molar-refractivity contribution in [1.82, 2.24) is 10.2 Å². The number of hydrogen-bond acceptors (Lipinski definition) is 5. The summed E-state index contributed by atoms with van der Waals surface area (Å²) in [7, 11) is 0. The molecule has 0 aromatic heterocycles. The van der Waals surface area contributed by atoms with Gasteiger partial charge in [-0.1, -0.05) is 55.8 Å². The van der Waals surface area contributed by atoms with Gasteiger partial charge in [0.05, 0.1) is 10.7 Å². The highest BCUT2D eigenvalue weighted by Gasteiger charge is 2.26. The van der Waals surface area contributed by atoms with Gasteiger partial charge in [0, 0.05) is 36.0 Å². The number of nitrogens with zero attached hydrogens (tertiary/aromatic N) is 2. The largest absolute Gasteiger partial charge is 0.354 e. The first-order valence-electron chi connectivity index (χ1n) is 10.3. The Morgan fingerprint density at radius 1 is 1.12 bits per heavy atom. The molecule has 172 valence electrons. The summed E-state index contributed by atoms with van der Waals surface area (Å²) in [5, 5.41) is 14.2. The van der Waals surface area contributed by atoms with Crippen molar-refractivity contribution >= 4 is 40.9 Å². The van der Waals surface area contributed by atoms with Gasteiger partial charge in [0.2, 0.25) is 11.8 Å². The lowest BCUT2D eigenvalue weighted by Crippen LogP contribution is -2.48. The van der Waals surface area contributed by atoms with Crippen molar-refractivity contribution in [3.63, 3.8) is 0 Å². The van der Waals surface area contributed by atoms with Gasteiger partial charge >= 0.3 is 0 Å². The van der Waals surface area contributed by atoms with Crippen LogP contribution in [0.4, 0.5) is 5.69 Å². The average molecular weight is 478 g/mol. The van der Waals surface area contributed by atoms with Gasteiger partial charge in [-0.15, -0.1) is 11.8 Å². The molecule has 2 aromatic carbocycles. The van der Waals surface area contributed by atoms with Crippen LogP contribution < -0.4 is 5.32 Å². The Balaban J connectivity index is 2.06. The third-order valence-corrected chi connectivity index (χ3v) is 6.15. The van der Waals surface area contributed by atoms with E-state index in [1.54, 1.807) is 30.0 Å². The minimum absolute atomic E-state index is 0.0296.